The molecule has 8 aromatic carbocycles. The summed E-state index contributed by atoms with van der Waals surface area (Å²) in [6.45, 7) is 0. The summed E-state index contributed by atoms with van der Waals surface area (Å²) in [4.78, 5) is 7.16. The minimum atomic E-state index is 0.595. The molecule has 0 aliphatic carbocycles. The first-order chi connectivity index (χ1) is 24.3. The number of hydrogen-bond acceptors (Lipinski definition) is 4. The van der Waals surface area contributed by atoms with Gasteiger partial charge in [0.25, 0.3) is 0 Å². The van der Waals surface area contributed by atoms with Crippen LogP contribution in [0, 0.1) is 0 Å². The number of fused-ring (bicyclic) bond motifs is 8. The Morgan fingerprint density at radius 3 is 1.80 bits per heavy atom. The van der Waals surface area contributed by atoms with Gasteiger partial charge in [0.15, 0.2) is 5.58 Å². The smallest absolute Gasteiger partial charge is 0.227 e. The lowest BCUT2D eigenvalue weighted by Gasteiger charge is -2.26. The molecule has 0 N–H and O–H groups in total. The molecule has 10 rings (SSSR count). The molecule has 0 bridgehead atoms. The molecule has 0 amide bonds. The zero-order valence-electron chi connectivity index (χ0n) is 26.4. The maximum absolute atomic E-state index is 6.46. The molecule has 0 atom stereocenters. The molecule has 49 heavy (non-hydrogen) atoms. The molecule has 4 nitrogen and oxygen atoms in total. The van der Waals surface area contributed by atoms with Crippen LogP contribution in [0.1, 0.15) is 0 Å². The van der Waals surface area contributed by atoms with Crippen LogP contribution in [0.4, 0.5) is 17.1 Å². The Hall–Kier alpha value is -6.65. The van der Waals surface area contributed by atoms with E-state index in [1.807, 2.05) is 48.5 Å². The molecule has 0 aliphatic rings. The zero-order valence-corrected chi connectivity index (χ0v) is 26.4. The van der Waals surface area contributed by atoms with Gasteiger partial charge in [-0.3, -0.25) is 0 Å². The van der Waals surface area contributed by atoms with Crippen LogP contribution >= 0.6 is 0 Å². The Morgan fingerprint density at radius 2 is 1.00 bits per heavy atom. The van der Waals surface area contributed by atoms with Gasteiger partial charge in [0.05, 0.1) is 5.39 Å². The van der Waals surface area contributed by atoms with Crippen LogP contribution in [0.5, 0.6) is 0 Å². The van der Waals surface area contributed by atoms with Crippen molar-refractivity contribution in [1.82, 2.24) is 4.98 Å². The summed E-state index contributed by atoms with van der Waals surface area (Å²) in [5.41, 5.74) is 9.54. The van der Waals surface area contributed by atoms with Crippen molar-refractivity contribution in [3.8, 4) is 22.6 Å². The van der Waals surface area contributed by atoms with Gasteiger partial charge in [0.1, 0.15) is 16.7 Å². The third kappa shape index (κ3) is 4.57. The summed E-state index contributed by atoms with van der Waals surface area (Å²) in [6, 6.07) is 59.4. The maximum atomic E-state index is 6.46. The van der Waals surface area contributed by atoms with Crippen molar-refractivity contribution in [2.45, 2.75) is 0 Å². The van der Waals surface area contributed by atoms with E-state index in [0.29, 0.717) is 5.89 Å². The second-order valence-corrected chi connectivity index (χ2v) is 12.4. The van der Waals surface area contributed by atoms with Crippen LogP contribution in [0.25, 0.3) is 77.2 Å². The predicted molar refractivity (Wildman–Crippen MR) is 202 cm³/mol. The SMILES string of the molecule is c1ccc(-c2ccc(N(c3ccc4ccc5ccccc5c4c3)c3ccc4oc5ccc6nc(-c7ccccc7)oc6c5c4c3)cc2)cc1. The third-order valence-electron chi connectivity index (χ3n) is 9.47. The van der Waals surface area contributed by atoms with Crippen LogP contribution in [0.3, 0.4) is 0 Å². The average Bonchev–Trinajstić information content (AvgIpc) is 3.77. The molecule has 2 aromatic heterocycles. The summed E-state index contributed by atoms with van der Waals surface area (Å²) < 4.78 is 12.8. The lowest BCUT2D eigenvalue weighted by atomic mass is 10.0. The molecular weight excluding hydrogens is 601 g/mol. The Kier molecular flexibility index (Phi) is 6.15. The van der Waals surface area contributed by atoms with E-state index in [9.17, 15) is 0 Å². The van der Waals surface area contributed by atoms with Crippen molar-refractivity contribution >= 4 is 71.6 Å². The molecule has 10 aromatic rings. The third-order valence-corrected chi connectivity index (χ3v) is 9.47. The van der Waals surface area contributed by atoms with Crippen LogP contribution in [-0.4, -0.2) is 4.98 Å². The van der Waals surface area contributed by atoms with Crippen molar-refractivity contribution in [2.75, 3.05) is 4.90 Å². The molecule has 0 saturated heterocycles. The lowest BCUT2D eigenvalue weighted by molar-refractivity contribution is 0.622. The molecule has 0 fully saturated rings. The minimum Gasteiger partial charge on any atom is -0.456 e. The molecule has 0 spiro atoms. The van der Waals surface area contributed by atoms with E-state index in [1.165, 1.54) is 32.7 Å². The number of nitrogens with zero attached hydrogens (tertiary/aromatic N) is 2. The van der Waals surface area contributed by atoms with E-state index in [2.05, 4.69) is 126 Å². The summed E-state index contributed by atoms with van der Waals surface area (Å²) in [7, 11) is 0. The highest BCUT2D eigenvalue weighted by Gasteiger charge is 2.20. The lowest BCUT2D eigenvalue weighted by Crippen LogP contribution is -2.09. The summed E-state index contributed by atoms with van der Waals surface area (Å²) in [6.07, 6.45) is 0. The van der Waals surface area contributed by atoms with Gasteiger partial charge in [-0.25, -0.2) is 4.98 Å². The quantitative estimate of drug-likeness (QED) is 0.178. The van der Waals surface area contributed by atoms with Crippen molar-refractivity contribution in [2.24, 2.45) is 0 Å². The van der Waals surface area contributed by atoms with E-state index in [1.54, 1.807) is 0 Å². The topological polar surface area (TPSA) is 42.4 Å². The standard InChI is InChI=1S/C45H28N2O2/c1-3-9-29(10-4-1)30-17-20-34(21-18-30)47(35-22-19-32-16-15-31-11-7-8-14-37(31)38(32)27-35)36-23-25-41-39(28-36)43-42(48-41)26-24-40-44(43)49-45(46-40)33-12-5-2-6-13-33/h1-28H. The number of benzene rings is 8. The summed E-state index contributed by atoms with van der Waals surface area (Å²) in [5, 5.41) is 6.79. The van der Waals surface area contributed by atoms with Gasteiger partial charge in [0.2, 0.25) is 5.89 Å². The monoisotopic (exact) mass is 628 g/mol. The van der Waals surface area contributed by atoms with Gasteiger partial charge < -0.3 is 13.7 Å². The van der Waals surface area contributed by atoms with Crippen LogP contribution in [-0.2, 0) is 0 Å². The number of hydrogen-bond donors (Lipinski definition) is 0. The molecule has 4 heteroatoms. The Balaban J connectivity index is 1.18. The van der Waals surface area contributed by atoms with Gasteiger partial charge in [-0.05, 0) is 99.4 Å². The van der Waals surface area contributed by atoms with E-state index in [0.717, 1.165) is 55.7 Å². The van der Waals surface area contributed by atoms with Gasteiger partial charge in [0, 0.05) is 28.0 Å². The largest absolute Gasteiger partial charge is 0.456 e. The molecular formula is C45H28N2O2. The highest BCUT2D eigenvalue weighted by Crippen LogP contribution is 2.43. The normalized spacial score (nSPS) is 11.7. The van der Waals surface area contributed by atoms with Crippen molar-refractivity contribution in [1.29, 1.82) is 0 Å². The van der Waals surface area contributed by atoms with E-state index in [4.69, 9.17) is 13.8 Å². The zero-order chi connectivity index (χ0) is 32.3. The van der Waals surface area contributed by atoms with E-state index in [-0.39, 0.29) is 0 Å². The first-order valence-corrected chi connectivity index (χ1v) is 16.5. The number of aromatic nitrogens is 1. The van der Waals surface area contributed by atoms with Crippen molar-refractivity contribution < 1.29 is 8.83 Å². The average molecular weight is 629 g/mol. The Bertz CT molecular complexity index is 2820. The van der Waals surface area contributed by atoms with E-state index < -0.39 is 0 Å². The Morgan fingerprint density at radius 1 is 0.408 bits per heavy atom. The predicted octanol–water partition coefficient (Wildman–Crippen LogP) is 12.8. The first-order valence-electron chi connectivity index (χ1n) is 16.5. The highest BCUT2D eigenvalue weighted by molar-refractivity contribution is 6.17. The second-order valence-electron chi connectivity index (χ2n) is 12.4. The number of oxazole rings is 1. The fraction of sp³-hybridized carbons (Fsp3) is 0. The number of furan rings is 1. The van der Waals surface area contributed by atoms with Crippen LogP contribution in [0.15, 0.2) is 179 Å². The molecule has 230 valence electrons. The highest BCUT2D eigenvalue weighted by atomic mass is 16.4. The van der Waals surface area contributed by atoms with Crippen molar-refractivity contribution in [3.63, 3.8) is 0 Å². The minimum absolute atomic E-state index is 0.595. The van der Waals surface area contributed by atoms with E-state index >= 15 is 0 Å². The maximum Gasteiger partial charge on any atom is 0.227 e. The Labute approximate surface area is 282 Å². The van der Waals surface area contributed by atoms with Gasteiger partial charge in [-0.1, -0.05) is 103 Å². The molecule has 0 aliphatic heterocycles. The van der Waals surface area contributed by atoms with Crippen LogP contribution in [0.2, 0.25) is 0 Å². The fourth-order valence-electron chi connectivity index (χ4n) is 7.09. The summed E-state index contributed by atoms with van der Waals surface area (Å²) in [5.74, 6) is 0.595. The molecule has 0 radical (unpaired) electrons. The second kappa shape index (κ2) is 11.0. The van der Waals surface area contributed by atoms with Gasteiger partial charge in [-0.2, -0.15) is 0 Å². The summed E-state index contributed by atoms with van der Waals surface area (Å²) >= 11 is 0. The van der Waals surface area contributed by atoms with Gasteiger partial charge in [-0.15, -0.1) is 0 Å². The molecule has 0 saturated carbocycles. The number of anilines is 3. The van der Waals surface area contributed by atoms with Gasteiger partial charge >= 0.3 is 0 Å². The molecule has 2 heterocycles. The first kappa shape index (κ1) is 27.5. The number of rotatable bonds is 5. The molecule has 0 unspecified atom stereocenters. The fourth-order valence-corrected chi connectivity index (χ4v) is 7.09. The van der Waals surface area contributed by atoms with Crippen LogP contribution < -0.4 is 4.90 Å². The van der Waals surface area contributed by atoms with Crippen molar-refractivity contribution in [3.05, 3.63) is 170 Å².